The van der Waals surface area contributed by atoms with Gasteiger partial charge < -0.3 is 29.4 Å². The maximum absolute atomic E-state index is 11.1. The lowest BCUT2D eigenvalue weighted by atomic mass is 10.1. The van der Waals surface area contributed by atoms with Crippen LogP contribution in [0.25, 0.3) is 0 Å². The van der Waals surface area contributed by atoms with Crippen LogP contribution in [0, 0.1) is 0 Å². The molecule has 0 aliphatic carbocycles. The zero-order valence-electron chi connectivity index (χ0n) is 20.3. The number of imidazole rings is 1. The number of carbonyl (C=O) groups is 1. The number of nitrogens with zero attached hydrogens (tertiary/aromatic N) is 4. The van der Waals surface area contributed by atoms with E-state index < -0.39 is 5.79 Å². The van der Waals surface area contributed by atoms with Crippen molar-refractivity contribution in [3.63, 3.8) is 0 Å². The number of carbonyl (C=O) groups excluding carboxylic acids is 1. The third kappa shape index (κ3) is 6.19. The molecular weight excluding hydrogens is 517 g/mol. The van der Waals surface area contributed by atoms with Crippen molar-refractivity contribution in [2.75, 3.05) is 50.8 Å². The number of aromatic nitrogens is 2. The van der Waals surface area contributed by atoms with E-state index in [-0.39, 0.29) is 12.0 Å². The molecule has 2 atom stereocenters. The Hall–Kier alpha value is -2.82. The van der Waals surface area contributed by atoms with Crippen molar-refractivity contribution in [2.45, 2.75) is 18.4 Å². The Balaban J connectivity index is 1.20. The van der Waals surface area contributed by atoms with Crippen LogP contribution in [0.4, 0.5) is 5.69 Å². The van der Waals surface area contributed by atoms with E-state index >= 15 is 0 Å². The van der Waals surface area contributed by atoms with Gasteiger partial charge >= 0.3 is 0 Å². The topological polar surface area (TPSA) is 95.1 Å². The third-order valence-electron chi connectivity index (χ3n) is 6.54. The van der Waals surface area contributed by atoms with Gasteiger partial charge in [0.1, 0.15) is 18.5 Å². The molecule has 1 aromatic heterocycles. The highest BCUT2D eigenvalue weighted by Crippen LogP contribution is 2.40. The zero-order chi connectivity index (χ0) is 25.8. The van der Waals surface area contributed by atoms with Crippen molar-refractivity contribution in [1.82, 2.24) is 14.5 Å². The van der Waals surface area contributed by atoms with Crippen molar-refractivity contribution >= 4 is 34.8 Å². The smallest absolute Gasteiger partial charge is 0.231 e. The first kappa shape index (κ1) is 25.8. The van der Waals surface area contributed by atoms with Gasteiger partial charge in [0.25, 0.3) is 0 Å². The Labute approximate surface area is 225 Å². The van der Waals surface area contributed by atoms with Gasteiger partial charge in [0.2, 0.25) is 11.7 Å². The Bertz CT molecular complexity index is 1200. The summed E-state index contributed by atoms with van der Waals surface area (Å²) in [7, 11) is 0. The number of amides is 1. The Morgan fingerprint density at radius 2 is 1.92 bits per heavy atom. The van der Waals surface area contributed by atoms with E-state index in [0.29, 0.717) is 41.9 Å². The predicted molar refractivity (Wildman–Crippen MR) is 141 cm³/mol. The van der Waals surface area contributed by atoms with Crippen LogP contribution in [0.2, 0.25) is 10.0 Å². The molecular formula is C26H29Cl2N5O4. The van der Waals surface area contributed by atoms with Crippen LogP contribution < -0.4 is 15.4 Å². The normalized spacial score (nSPS) is 22.3. The first-order chi connectivity index (χ1) is 17.9. The molecule has 2 unspecified atom stereocenters. The Morgan fingerprint density at radius 3 is 2.59 bits per heavy atom. The number of ether oxygens (including phenoxy) is 3. The van der Waals surface area contributed by atoms with Crippen LogP contribution >= 0.6 is 23.2 Å². The Morgan fingerprint density at radius 1 is 1.14 bits per heavy atom. The van der Waals surface area contributed by atoms with Crippen LogP contribution in [-0.4, -0.2) is 72.4 Å². The first-order valence-corrected chi connectivity index (χ1v) is 12.9. The van der Waals surface area contributed by atoms with E-state index in [1.54, 1.807) is 24.7 Å². The number of hydrogen-bond donors (Lipinski definition) is 1. The zero-order valence-corrected chi connectivity index (χ0v) is 21.8. The standard InChI is InChI=1S/C26H29Cl2N5O4/c27-19-1-6-23(24(28)13-19)26(17-32-8-7-30-18-32)36-16-22(37-26)15-35-21-4-2-20(3-5-21)33-11-9-31(10-12-33)14-25(29)34/h1-8,13,18,22H,9-12,14-17H2,(H2,29,34). The summed E-state index contributed by atoms with van der Waals surface area (Å²) in [5.41, 5.74) is 7.12. The molecule has 37 heavy (non-hydrogen) atoms. The van der Waals surface area contributed by atoms with E-state index in [4.69, 9.17) is 43.1 Å². The molecule has 5 rings (SSSR count). The number of anilines is 1. The van der Waals surface area contributed by atoms with Gasteiger partial charge in [-0.3, -0.25) is 9.69 Å². The summed E-state index contributed by atoms with van der Waals surface area (Å²) in [5.74, 6) is -0.630. The van der Waals surface area contributed by atoms with Crippen molar-refractivity contribution in [3.8, 4) is 5.75 Å². The summed E-state index contributed by atoms with van der Waals surface area (Å²) in [5, 5.41) is 1.01. The fraction of sp³-hybridized carbons (Fsp3) is 0.385. The molecule has 2 N–H and O–H groups in total. The number of piperazine rings is 1. The van der Waals surface area contributed by atoms with Crippen LogP contribution in [0.15, 0.2) is 61.2 Å². The number of hydrogen-bond acceptors (Lipinski definition) is 7. The second kappa shape index (κ2) is 11.3. The summed E-state index contributed by atoms with van der Waals surface area (Å²) in [4.78, 5) is 19.6. The lowest BCUT2D eigenvalue weighted by Gasteiger charge is -2.35. The molecule has 2 aromatic carbocycles. The molecule has 0 radical (unpaired) electrons. The molecule has 3 aromatic rings. The maximum atomic E-state index is 11.1. The molecule has 196 valence electrons. The number of benzene rings is 2. The SMILES string of the molecule is NC(=O)CN1CCN(c2ccc(OCC3COC(Cn4ccnc4)(c4ccc(Cl)cc4Cl)O3)cc2)CC1. The van der Waals surface area contributed by atoms with E-state index in [2.05, 4.69) is 14.8 Å². The van der Waals surface area contributed by atoms with Gasteiger partial charge in [0.15, 0.2) is 0 Å². The minimum absolute atomic E-state index is 0.290. The van der Waals surface area contributed by atoms with Crippen molar-refractivity contribution in [1.29, 1.82) is 0 Å². The molecule has 0 bridgehead atoms. The Kier molecular flexibility index (Phi) is 7.87. The molecule has 9 nitrogen and oxygen atoms in total. The van der Waals surface area contributed by atoms with Gasteiger partial charge in [0, 0.05) is 54.8 Å². The molecule has 0 spiro atoms. The van der Waals surface area contributed by atoms with Gasteiger partial charge in [-0.15, -0.1) is 0 Å². The highest BCUT2D eigenvalue weighted by atomic mass is 35.5. The second-order valence-electron chi connectivity index (χ2n) is 9.20. The molecule has 1 amide bonds. The van der Waals surface area contributed by atoms with Gasteiger partial charge in [0.05, 0.1) is 31.0 Å². The van der Waals surface area contributed by atoms with Crippen LogP contribution in [0.5, 0.6) is 5.75 Å². The van der Waals surface area contributed by atoms with Crippen LogP contribution in [-0.2, 0) is 26.6 Å². The number of nitrogens with two attached hydrogens (primary N) is 1. The molecule has 2 aliphatic heterocycles. The van der Waals surface area contributed by atoms with Crippen LogP contribution in [0.3, 0.4) is 0 Å². The maximum Gasteiger partial charge on any atom is 0.231 e. The molecule has 2 aliphatic rings. The molecule has 2 saturated heterocycles. The number of primary amides is 1. The lowest BCUT2D eigenvalue weighted by molar-refractivity contribution is -0.189. The summed E-state index contributed by atoms with van der Waals surface area (Å²) in [6, 6.07) is 13.3. The number of halogens is 2. The largest absolute Gasteiger partial charge is 0.491 e. The van der Waals surface area contributed by atoms with Gasteiger partial charge in [-0.1, -0.05) is 29.3 Å². The highest BCUT2D eigenvalue weighted by molar-refractivity contribution is 6.35. The minimum atomic E-state index is -1.09. The molecule has 2 fully saturated rings. The summed E-state index contributed by atoms with van der Waals surface area (Å²) < 4.78 is 20.6. The fourth-order valence-corrected chi connectivity index (χ4v) is 5.25. The minimum Gasteiger partial charge on any atom is -0.491 e. The third-order valence-corrected chi connectivity index (χ3v) is 7.09. The van der Waals surface area contributed by atoms with Gasteiger partial charge in [-0.2, -0.15) is 0 Å². The van der Waals surface area contributed by atoms with Gasteiger partial charge in [-0.05, 0) is 36.4 Å². The monoisotopic (exact) mass is 545 g/mol. The predicted octanol–water partition coefficient (Wildman–Crippen LogP) is 3.14. The summed E-state index contributed by atoms with van der Waals surface area (Å²) >= 11 is 12.7. The van der Waals surface area contributed by atoms with E-state index in [1.165, 1.54) is 0 Å². The average Bonchev–Trinajstić information content (AvgIpc) is 3.54. The van der Waals surface area contributed by atoms with E-state index in [9.17, 15) is 4.79 Å². The van der Waals surface area contributed by atoms with E-state index in [1.807, 2.05) is 41.1 Å². The quantitative estimate of drug-likeness (QED) is 0.441. The lowest BCUT2D eigenvalue weighted by Crippen LogP contribution is -2.48. The summed E-state index contributed by atoms with van der Waals surface area (Å²) in [6.45, 7) is 4.65. The van der Waals surface area contributed by atoms with Crippen molar-refractivity contribution in [3.05, 3.63) is 76.8 Å². The second-order valence-corrected chi connectivity index (χ2v) is 10.0. The first-order valence-electron chi connectivity index (χ1n) is 12.1. The van der Waals surface area contributed by atoms with Crippen molar-refractivity contribution in [2.24, 2.45) is 5.73 Å². The van der Waals surface area contributed by atoms with Crippen LogP contribution in [0.1, 0.15) is 5.56 Å². The highest BCUT2D eigenvalue weighted by Gasteiger charge is 2.45. The fourth-order valence-electron chi connectivity index (χ4n) is 4.70. The van der Waals surface area contributed by atoms with Gasteiger partial charge in [-0.25, -0.2) is 4.98 Å². The number of rotatable bonds is 9. The molecule has 0 saturated carbocycles. The average molecular weight is 546 g/mol. The van der Waals surface area contributed by atoms with Crippen molar-refractivity contribution < 1.29 is 19.0 Å². The van der Waals surface area contributed by atoms with E-state index in [0.717, 1.165) is 37.6 Å². The molecule has 3 heterocycles. The summed E-state index contributed by atoms with van der Waals surface area (Å²) in [6.07, 6.45) is 4.97. The molecule has 11 heteroatoms.